The van der Waals surface area contributed by atoms with Gasteiger partial charge in [-0.05, 0) is 50.1 Å². The van der Waals surface area contributed by atoms with Crippen molar-refractivity contribution in [2.75, 3.05) is 5.32 Å². The predicted octanol–water partition coefficient (Wildman–Crippen LogP) is 4.86. The Balaban J connectivity index is 2.09. The van der Waals surface area contributed by atoms with Gasteiger partial charge in [0.15, 0.2) is 6.10 Å². The van der Waals surface area contributed by atoms with E-state index in [9.17, 15) is 4.79 Å². The first kappa shape index (κ1) is 16.6. The Morgan fingerprint density at radius 2 is 2.00 bits per heavy atom. The van der Waals surface area contributed by atoms with E-state index in [0.717, 1.165) is 21.5 Å². The number of nitrogens with one attached hydrogen (secondary N) is 1. The molecule has 0 aliphatic carbocycles. The molecule has 0 aliphatic rings. The third-order valence-electron chi connectivity index (χ3n) is 3.36. The molecule has 0 radical (unpaired) electrons. The molecular weight excluding hydrogens is 342 g/mol. The fraction of sp³-hybridized carbons (Fsp3) is 0.278. The second kappa shape index (κ2) is 7.45. The lowest BCUT2D eigenvalue weighted by Crippen LogP contribution is -2.32. The van der Waals surface area contributed by atoms with E-state index in [1.807, 2.05) is 63.2 Å². The number of carbonyl (C=O) groups excluding carboxylic acids is 1. The highest BCUT2D eigenvalue weighted by atomic mass is 79.9. The van der Waals surface area contributed by atoms with Crippen molar-refractivity contribution in [3.63, 3.8) is 0 Å². The highest BCUT2D eigenvalue weighted by Gasteiger charge is 2.19. The zero-order chi connectivity index (χ0) is 16.1. The Bertz CT molecular complexity index is 670. The first-order valence-corrected chi connectivity index (χ1v) is 8.09. The Morgan fingerprint density at radius 1 is 1.23 bits per heavy atom. The maximum absolute atomic E-state index is 12.4. The summed E-state index contributed by atoms with van der Waals surface area (Å²) in [5.74, 6) is 0.613. The largest absolute Gasteiger partial charge is 0.480 e. The molecule has 2 aromatic rings. The van der Waals surface area contributed by atoms with Crippen LogP contribution in [0.5, 0.6) is 5.75 Å². The second-order valence-electron chi connectivity index (χ2n) is 5.28. The van der Waals surface area contributed by atoms with Crippen LogP contribution in [0.1, 0.15) is 24.5 Å². The molecule has 1 atom stereocenters. The highest BCUT2D eigenvalue weighted by Crippen LogP contribution is 2.22. The number of amides is 1. The summed E-state index contributed by atoms with van der Waals surface area (Å²) < 4.78 is 6.81. The highest BCUT2D eigenvalue weighted by molar-refractivity contribution is 9.10. The summed E-state index contributed by atoms with van der Waals surface area (Å²) >= 11 is 3.39. The topological polar surface area (TPSA) is 38.3 Å². The van der Waals surface area contributed by atoms with E-state index in [0.29, 0.717) is 6.42 Å². The van der Waals surface area contributed by atoms with Gasteiger partial charge in [0.1, 0.15) is 5.75 Å². The van der Waals surface area contributed by atoms with E-state index in [4.69, 9.17) is 4.74 Å². The summed E-state index contributed by atoms with van der Waals surface area (Å²) in [6.07, 6.45) is 0.0908. The summed E-state index contributed by atoms with van der Waals surface area (Å²) in [6, 6.07) is 13.5. The molecule has 116 valence electrons. The zero-order valence-corrected chi connectivity index (χ0v) is 14.6. The number of benzene rings is 2. The second-order valence-corrected chi connectivity index (χ2v) is 6.20. The van der Waals surface area contributed by atoms with Crippen molar-refractivity contribution in [2.45, 2.75) is 33.3 Å². The van der Waals surface area contributed by atoms with Crippen molar-refractivity contribution in [1.29, 1.82) is 0 Å². The Labute approximate surface area is 139 Å². The van der Waals surface area contributed by atoms with Crippen LogP contribution in [0.4, 0.5) is 5.69 Å². The molecule has 0 fully saturated rings. The van der Waals surface area contributed by atoms with E-state index in [1.165, 1.54) is 5.56 Å². The Morgan fingerprint density at radius 3 is 2.64 bits per heavy atom. The van der Waals surface area contributed by atoms with Gasteiger partial charge < -0.3 is 10.1 Å². The standard InChI is InChI=1S/C18H20BrNO2/c1-4-16(22-17-9-8-12(2)10-13(17)3)18(21)20-15-7-5-6-14(19)11-15/h5-11,16H,4H2,1-3H3,(H,20,21)/t16-/m0/s1. The van der Waals surface area contributed by atoms with Crippen LogP contribution in [0.25, 0.3) is 0 Å². The summed E-state index contributed by atoms with van der Waals surface area (Å²) in [5, 5.41) is 2.89. The molecule has 0 bridgehead atoms. The zero-order valence-electron chi connectivity index (χ0n) is 13.0. The van der Waals surface area contributed by atoms with Gasteiger partial charge in [0.05, 0.1) is 0 Å². The minimum Gasteiger partial charge on any atom is -0.480 e. The molecule has 0 aromatic heterocycles. The van der Waals surface area contributed by atoms with Crippen LogP contribution in [0.2, 0.25) is 0 Å². The molecule has 1 N–H and O–H groups in total. The minimum atomic E-state index is -0.514. The first-order chi connectivity index (χ1) is 10.5. The lowest BCUT2D eigenvalue weighted by atomic mass is 10.1. The fourth-order valence-electron chi connectivity index (χ4n) is 2.20. The van der Waals surface area contributed by atoms with Crippen LogP contribution in [0, 0.1) is 13.8 Å². The van der Waals surface area contributed by atoms with Crippen LogP contribution in [-0.4, -0.2) is 12.0 Å². The Kier molecular flexibility index (Phi) is 5.61. The third-order valence-corrected chi connectivity index (χ3v) is 3.85. The lowest BCUT2D eigenvalue weighted by molar-refractivity contribution is -0.122. The van der Waals surface area contributed by atoms with Crippen molar-refractivity contribution in [3.05, 3.63) is 58.1 Å². The average Bonchev–Trinajstić information content (AvgIpc) is 2.46. The van der Waals surface area contributed by atoms with Crippen LogP contribution in [0.15, 0.2) is 46.9 Å². The number of carbonyl (C=O) groups is 1. The third kappa shape index (κ3) is 4.34. The maximum atomic E-state index is 12.4. The van der Waals surface area contributed by atoms with E-state index in [1.54, 1.807) is 0 Å². The minimum absolute atomic E-state index is 0.138. The molecule has 0 aliphatic heterocycles. The van der Waals surface area contributed by atoms with Gasteiger partial charge in [-0.25, -0.2) is 0 Å². The SMILES string of the molecule is CC[C@H](Oc1ccc(C)cc1C)C(=O)Nc1cccc(Br)c1. The first-order valence-electron chi connectivity index (χ1n) is 7.30. The Hall–Kier alpha value is -1.81. The molecule has 2 rings (SSSR count). The predicted molar refractivity (Wildman–Crippen MR) is 93.4 cm³/mol. The molecule has 0 spiro atoms. The average molecular weight is 362 g/mol. The van der Waals surface area contributed by atoms with Gasteiger partial charge in [-0.2, -0.15) is 0 Å². The van der Waals surface area contributed by atoms with Crippen LogP contribution in [-0.2, 0) is 4.79 Å². The van der Waals surface area contributed by atoms with Gasteiger partial charge in [0, 0.05) is 10.2 Å². The normalized spacial score (nSPS) is 11.8. The summed E-state index contributed by atoms with van der Waals surface area (Å²) in [4.78, 5) is 12.4. The number of hydrogen-bond acceptors (Lipinski definition) is 2. The number of ether oxygens (including phenoxy) is 1. The molecular formula is C18H20BrNO2. The van der Waals surface area contributed by atoms with E-state index < -0.39 is 6.10 Å². The smallest absolute Gasteiger partial charge is 0.265 e. The fourth-order valence-corrected chi connectivity index (χ4v) is 2.60. The van der Waals surface area contributed by atoms with Gasteiger partial charge in [0.25, 0.3) is 5.91 Å². The molecule has 0 unspecified atom stereocenters. The van der Waals surface area contributed by atoms with Crippen molar-refractivity contribution >= 4 is 27.5 Å². The van der Waals surface area contributed by atoms with Gasteiger partial charge in [-0.1, -0.05) is 46.6 Å². The van der Waals surface area contributed by atoms with Gasteiger partial charge in [-0.15, -0.1) is 0 Å². The van der Waals surface area contributed by atoms with Crippen LogP contribution < -0.4 is 10.1 Å². The lowest BCUT2D eigenvalue weighted by Gasteiger charge is -2.19. The van der Waals surface area contributed by atoms with Gasteiger partial charge in [0.2, 0.25) is 0 Å². The number of hydrogen-bond donors (Lipinski definition) is 1. The molecule has 4 heteroatoms. The number of halogens is 1. The van der Waals surface area contributed by atoms with Gasteiger partial charge >= 0.3 is 0 Å². The molecule has 1 amide bonds. The molecule has 2 aromatic carbocycles. The van der Waals surface area contributed by atoms with Crippen LogP contribution in [0.3, 0.4) is 0 Å². The number of anilines is 1. The molecule has 0 saturated heterocycles. The van der Waals surface area contributed by atoms with E-state index in [-0.39, 0.29) is 5.91 Å². The summed E-state index contributed by atoms with van der Waals surface area (Å²) in [5.41, 5.74) is 2.97. The van der Waals surface area contributed by atoms with Crippen LogP contribution >= 0.6 is 15.9 Å². The van der Waals surface area contributed by atoms with Gasteiger partial charge in [-0.3, -0.25) is 4.79 Å². The molecule has 22 heavy (non-hydrogen) atoms. The van der Waals surface area contributed by atoms with Crippen molar-refractivity contribution < 1.29 is 9.53 Å². The summed E-state index contributed by atoms with van der Waals surface area (Å²) in [6.45, 7) is 5.96. The summed E-state index contributed by atoms with van der Waals surface area (Å²) in [7, 11) is 0. The number of aryl methyl sites for hydroxylation is 2. The molecule has 0 heterocycles. The molecule has 3 nitrogen and oxygen atoms in total. The monoisotopic (exact) mass is 361 g/mol. The maximum Gasteiger partial charge on any atom is 0.265 e. The van der Waals surface area contributed by atoms with Crippen molar-refractivity contribution in [2.24, 2.45) is 0 Å². The van der Waals surface area contributed by atoms with Crippen molar-refractivity contribution in [3.8, 4) is 5.75 Å². The van der Waals surface area contributed by atoms with Crippen molar-refractivity contribution in [1.82, 2.24) is 0 Å². The molecule has 0 saturated carbocycles. The quantitative estimate of drug-likeness (QED) is 0.825. The number of rotatable bonds is 5. The van der Waals surface area contributed by atoms with E-state index >= 15 is 0 Å². The van der Waals surface area contributed by atoms with E-state index in [2.05, 4.69) is 21.2 Å².